The number of carbonyl (C=O) groups excluding carboxylic acids is 2. The molecule has 0 saturated carbocycles. The topological polar surface area (TPSA) is 83.6 Å². The van der Waals surface area contributed by atoms with Crippen LogP contribution in [0.15, 0.2) is 77.7 Å². The van der Waals surface area contributed by atoms with E-state index in [1.165, 1.54) is 19.1 Å². The smallest absolute Gasteiger partial charge is 0.264 e. The Labute approximate surface area is 186 Å². The Balaban J connectivity index is 1.97. The zero-order chi connectivity index (χ0) is 22.6. The molecule has 3 aromatic rings. The highest BCUT2D eigenvalue weighted by atomic mass is 35.5. The van der Waals surface area contributed by atoms with Crippen molar-refractivity contribution in [2.45, 2.75) is 18.7 Å². The summed E-state index contributed by atoms with van der Waals surface area (Å²) in [6, 6.07) is 19.2. The van der Waals surface area contributed by atoms with Gasteiger partial charge in [0.25, 0.3) is 10.0 Å². The van der Waals surface area contributed by atoms with Gasteiger partial charge in [-0.15, -0.1) is 0 Å². The maximum absolute atomic E-state index is 13.4. The van der Waals surface area contributed by atoms with Crippen molar-refractivity contribution in [3.05, 3.63) is 88.9 Å². The van der Waals surface area contributed by atoms with E-state index in [2.05, 4.69) is 5.32 Å². The van der Waals surface area contributed by atoms with Gasteiger partial charge in [0.1, 0.15) is 6.54 Å². The van der Waals surface area contributed by atoms with E-state index in [1.807, 2.05) is 0 Å². The first kappa shape index (κ1) is 22.5. The zero-order valence-electron chi connectivity index (χ0n) is 17.0. The van der Waals surface area contributed by atoms with Gasteiger partial charge in [-0.2, -0.15) is 0 Å². The molecule has 0 aromatic heterocycles. The number of benzene rings is 3. The molecule has 1 N–H and O–H groups in total. The summed E-state index contributed by atoms with van der Waals surface area (Å²) < 4.78 is 27.8. The molecule has 0 atom stereocenters. The third kappa shape index (κ3) is 5.13. The number of sulfonamides is 1. The van der Waals surface area contributed by atoms with Crippen LogP contribution in [0.1, 0.15) is 22.8 Å². The minimum absolute atomic E-state index is 0.0563. The van der Waals surface area contributed by atoms with Crippen LogP contribution in [0.3, 0.4) is 0 Å². The summed E-state index contributed by atoms with van der Waals surface area (Å²) >= 11 is 6.21. The number of nitrogens with zero attached hydrogens (tertiary/aromatic N) is 1. The molecule has 3 rings (SSSR count). The minimum atomic E-state index is -4.04. The lowest BCUT2D eigenvalue weighted by atomic mass is 10.1. The van der Waals surface area contributed by atoms with E-state index < -0.39 is 22.5 Å². The standard InChI is InChI=1S/C23H21ClN2O4S/c1-16-21(24)12-7-13-22(16)26(31(29,30)20-10-4-3-5-11-20)15-23(28)25-19-9-6-8-18(14-19)17(2)27/h3-14H,15H2,1-2H3,(H,25,28). The van der Waals surface area contributed by atoms with Gasteiger partial charge in [0.2, 0.25) is 5.91 Å². The molecule has 8 heteroatoms. The average Bonchev–Trinajstić information content (AvgIpc) is 2.75. The van der Waals surface area contributed by atoms with Crippen molar-refractivity contribution in [3.63, 3.8) is 0 Å². The molecule has 0 spiro atoms. The van der Waals surface area contributed by atoms with E-state index in [9.17, 15) is 18.0 Å². The molecule has 0 aliphatic heterocycles. The van der Waals surface area contributed by atoms with E-state index >= 15 is 0 Å². The van der Waals surface area contributed by atoms with Gasteiger partial charge in [0, 0.05) is 16.3 Å². The fourth-order valence-electron chi connectivity index (χ4n) is 3.03. The predicted molar refractivity (Wildman–Crippen MR) is 122 cm³/mol. The van der Waals surface area contributed by atoms with Crippen molar-refractivity contribution >= 4 is 44.7 Å². The number of anilines is 2. The molecule has 160 valence electrons. The summed E-state index contributed by atoms with van der Waals surface area (Å²) in [5.74, 6) is -0.696. The SMILES string of the molecule is CC(=O)c1cccc(NC(=O)CN(c2cccc(Cl)c2C)S(=O)(=O)c2ccccc2)c1. The average molecular weight is 457 g/mol. The molecular weight excluding hydrogens is 436 g/mol. The Hall–Kier alpha value is -3.16. The molecule has 0 heterocycles. The first-order chi connectivity index (χ1) is 14.7. The second kappa shape index (κ2) is 9.32. The van der Waals surface area contributed by atoms with Crippen LogP contribution in [-0.4, -0.2) is 26.7 Å². The number of amides is 1. The number of rotatable bonds is 7. The molecule has 6 nitrogen and oxygen atoms in total. The van der Waals surface area contributed by atoms with Crippen molar-refractivity contribution in [2.75, 3.05) is 16.2 Å². The second-order valence-corrected chi connectivity index (χ2v) is 9.16. The Morgan fingerprint density at radius 1 is 0.968 bits per heavy atom. The number of hydrogen-bond donors (Lipinski definition) is 1. The Bertz CT molecular complexity index is 1230. The normalized spacial score (nSPS) is 11.1. The number of nitrogens with one attached hydrogen (secondary N) is 1. The summed E-state index contributed by atoms with van der Waals surface area (Å²) in [5.41, 5.74) is 1.69. The van der Waals surface area contributed by atoms with Crippen LogP contribution < -0.4 is 9.62 Å². The first-order valence-corrected chi connectivity index (χ1v) is 11.3. The highest BCUT2D eigenvalue weighted by Crippen LogP contribution is 2.30. The molecule has 0 saturated heterocycles. The summed E-state index contributed by atoms with van der Waals surface area (Å²) in [4.78, 5) is 24.5. The van der Waals surface area contributed by atoms with Crippen LogP contribution in [0.2, 0.25) is 5.02 Å². The molecule has 0 radical (unpaired) electrons. The molecule has 0 bridgehead atoms. The monoisotopic (exact) mass is 456 g/mol. The highest BCUT2D eigenvalue weighted by Gasteiger charge is 2.28. The molecule has 0 fully saturated rings. The minimum Gasteiger partial charge on any atom is -0.324 e. The van der Waals surface area contributed by atoms with E-state index in [0.717, 1.165) is 4.31 Å². The third-order valence-electron chi connectivity index (χ3n) is 4.68. The lowest BCUT2D eigenvalue weighted by molar-refractivity contribution is -0.114. The summed E-state index contributed by atoms with van der Waals surface area (Å²) in [6.45, 7) is 2.65. The number of halogens is 1. The van der Waals surface area contributed by atoms with Crippen LogP contribution in [0.5, 0.6) is 0 Å². The van der Waals surface area contributed by atoms with Crippen LogP contribution in [0.4, 0.5) is 11.4 Å². The van der Waals surface area contributed by atoms with E-state index in [4.69, 9.17) is 11.6 Å². The summed E-state index contributed by atoms with van der Waals surface area (Å²) in [5, 5.41) is 3.05. The molecule has 0 unspecified atom stereocenters. The molecule has 0 aliphatic carbocycles. The van der Waals surface area contributed by atoms with Gasteiger partial charge < -0.3 is 5.32 Å². The van der Waals surface area contributed by atoms with Crippen LogP contribution >= 0.6 is 11.6 Å². The maximum Gasteiger partial charge on any atom is 0.264 e. The lowest BCUT2D eigenvalue weighted by Crippen LogP contribution is -2.38. The highest BCUT2D eigenvalue weighted by molar-refractivity contribution is 7.92. The van der Waals surface area contributed by atoms with Gasteiger partial charge in [-0.3, -0.25) is 13.9 Å². The second-order valence-electron chi connectivity index (χ2n) is 6.89. The molecule has 0 aliphatic rings. The number of Topliss-reactive ketones (excluding diaryl/α,β-unsaturated/α-hetero) is 1. The third-order valence-corrected chi connectivity index (χ3v) is 6.86. The number of hydrogen-bond acceptors (Lipinski definition) is 4. The van der Waals surface area contributed by atoms with Gasteiger partial charge >= 0.3 is 0 Å². The van der Waals surface area contributed by atoms with E-state index in [1.54, 1.807) is 67.6 Å². The summed E-state index contributed by atoms with van der Waals surface area (Å²) in [6.07, 6.45) is 0. The van der Waals surface area contributed by atoms with E-state index in [-0.39, 0.29) is 10.7 Å². The van der Waals surface area contributed by atoms with Gasteiger partial charge in [0.05, 0.1) is 10.6 Å². The predicted octanol–water partition coefficient (Wildman–Crippen LogP) is 4.69. The lowest BCUT2D eigenvalue weighted by Gasteiger charge is -2.26. The van der Waals surface area contributed by atoms with Crippen LogP contribution in [0.25, 0.3) is 0 Å². The zero-order valence-corrected chi connectivity index (χ0v) is 18.6. The quantitative estimate of drug-likeness (QED) is 0.523. The fourth-order valence-corrected chi connectivity index (χ4v) is 4.70. The van der Waals surface area contributed by atoms with Crippen LogP contribution in [-0.2, 0) is 14.8 Å². The number of carbonyl (C=O) groups is 2. The van der Waals surface area contributed by atoms with Crippen molar-refractivity contribution in [1.82, 2.24) is 0 Å². The van der Waals surface area contributed by atoms with Gasteiger partial charge in [0.15, 0.2) is 5.78 Å². The van der Waals surface area contributed by atoms with Gasteiger partial charge in [-0.1, -0.05) is 48.0 Å². The van der Waals surface area contributed by atoms with Crippen molar-refractivity contribution < 1.29 is 18.0 Å². The molecule has 1 amide bonds. The maximum atomic E-state index is 13.4. The Morgan fingerprint density at radius 2 is 1.65 bits per heavy atom. The van der Waals surface area contributed by atoms with Crippen LogP contribution in [0, 0.1) is 6.92 Å². The molecular formula is C23H21ClN2O4S. The van der Waals surface area contributed by atoms with Crippen molar-refractivity contribution in [3.8, 4) is 0 Å². The van der Waals surface area contributed by atoms with Crippen molar-refractivity contribution in [1.29, 1.82) is 0 Å². The fraction of sp³-hybridized carbons (Fsp3) is 0.130. The Kier molecular flexibility index (Phi) is 6.77. The first-order valence-electron chi connectivity index (χ1n) is 9.44. The Morgan fingerprint density at radius 3 is 2.32 bits per heavy atom. The molecule has 31 heavy (non-hydrogen) atoms. The van der Waals surface area contributed by atoms with Gasteiger partial charge in [-0.25, -0.2) is 8.42 Å². The molecule has 3 aromatic carbocycles. The summed E-state index contributed by atoms with van der Waals surface area (Å²) in [7, 11) is -4.04. The van der Waals surface area contributed by atoms with Gasteiger partial charge in [-0.05, 0) is 55.8 Å². The number of ketones is 1. The van der Waals surface area contributed by atoms with Crippen molar-refractivity contribution in [2.24, 2.45) is 0 Å². The van der Waals surface area contributed by atoms with E-state index in [0.29, 0.717) is 27.5 Å². The largest absolute Gasteiger partial charge is 0.324 e.